The van der Waals surface area contributed by atoms with Crippen molar-refractivity contribution in [3.63, 3.8) is 0 Å². The summed E-state index contributed by atoms with van der Waals surface area (Å²) in [7, 11) is 8.35. The minimum Gasteiger partial charge on any atom is -1.00 e. The second-order valence-electron chi connectivity index (χ2n) is 4.68. The molecule has 0 aromatic rings. The summed E-state index contributed by atoms with van der Waals surface area (Å²) in [5.74, 6) is 0.00949. The van der Waals surface area contributed by atoms with Gasteiger partial charge in [0.1, 0.15) is 0 Å². The van der Waals surface area contributed by atoms with Gasteiger partial charge in [0.05, 0.1) is 27.7 Å². The first-order valence-electron chi connectivity index (χ1n) is 5.05. The summed E-state index contributed by atoms with van der Waals surface area (Å²) in [4.78, 5) is 12.8. The molecular weight excluding hydrogens is 303 g/mol. The molecule has 0 unspecified atom stereocenters. The standard InChI is InChI=1S/C11H23N2O.HI/c1-6-11(14)12(2)9-7-8-10-13(3,4)5;/h6H,1,7-10H2,2-5H3;1H/q+1;/p-1. The van der Waals surface area contributed by atoms with Gasteiger partial charge in [0.15, 0.2) is 0 Å². The van der Waals surface area contributed by atoms with Crippen molar-refractivity contribution in [2.24, 2.45) is 0 Å². The Hall–Kier alpha value is -0.100. The Morgan fingerprint density at radius 1 is 1.33 bits per heavy atom. The first-order chi connectivity index (χ1) is 6.37. The molecule has 3 nitrogen and oxygen atoms in total. The lowest BCUT2D eigenvalue weighted by atomic mass is 10.2. The molecule has 0 saturated carbocycles. The van der Waals surface area contributed by atoms with Crippen LogP contribution < -0.4 is 24.0 Å². The van der Waals surface area contributed by atoms with Crippen molar-refractivity contribution in [3.05, 3.63) is 12.7 Å². The molecule has 0 aliphatic rings. The second-order valence-corrected chi connectivity index (χ2v) is 4.68. The number of hydrogen-bond acceptors (Lipinski definition) is 1. The van der Waals surface area contributed by atoms with Crippen molar-refractivity contribution >= 4 is 5.91 Å². The number of rotatable bonds is 6. The van der Waals surface area contributed by atoms with Crippen molar-refractivity contribution in [1.82, 2.24) is 4.90 Å². The van der Waals surface area contributed by atoms with Crippen molar-refractivity contribution in [3.8, 4) is 0 Å². The Bertz CT molecular complexity index is 199. The highest BCUT2D eigenvalue weighted by Gasteiger charge is 2.07. The highest BCUT2D eigenvalue weighted by atomic mass is 127. The molecule has 0 fully saturated rings. The lowest BCUT2D eigenvalue weighted by Crippen LogP contribution is -3.00. The minimum absolute atomic E-state index is 0. The normalized spacial score (nSPS) is 10.4. The topological polar surface area (TPSA) is 20.3 Å². The molecule has 0 aliphatic heterocycles. The van der Waals surface area contributed by atoms with Crippen LogP contribution in [0.25, 0.3) is 0 Å². The summed E-state index contributed by atoms with van der Waals surface area (Å²) in [6.07, 6.45) is 3.57. The SMILES string of the molecule is C=CC(=O)N(C)CCCC[N+](C)(C)C.[I-]. The molecule has 0 bridgehead atoms. The van der Waals surface area contributed by atoms with E-state index in [4.69, 9.17) is 0 Å². The molecule has 0 spiro atoms. The fraction of sp³-hybridized carbons (Fsp3) is 0.727. The van der Waals surface area contributed by atoms with Crippen LogP contribution in [0.3, 0.4) is 0 Å². The zero-order valence-corrected chi connectivity index (χ0v) is 12.5. The molecule has 0 aliphatic carbocycles. The zero-order valence-electron chi connectivity index (χ0n) is 10.3. The molecule has 0 radical (unpaired) electrons. The second kappa shape index (κ2) is 8.10. The van der Waals surface area contributed by atoms with Crippen molar-refractivity contribution in [2.45, 2.75) is 12.8 Å². The van der Waals surface area contributed by atoms with E-state index < -0.39 is 0 Å². The third kappa shape index (κ3) is 10.2. The fourth-order valence-electron chi connectivity index (χ4n) is 1.20. The van der Waals surface area contributed by atoms with E-state index >= 15 is 0 Å². The average Bonchev–Trinajstić information content (AvgIpc) is 2.09. The summed E-state index contributed by atoms with van der Waals surface area (Å²) >= 11 is 0. The van der Waals surface area contributed by atoms with Crippen molar-refractivity contribution in [2.75, 3.05) is 41.3 Å². The van der Waals surface area contributed by atoms with Crippen molar-refractivity contribution in [1.29, 1.82) is 0 Å². The van der Waals surface area contributed by atoms with E-state index in [9.17, 15) is 4.79 Å². The summed E-state index contributed by atoms with van der Waals surface area (Å²) in [5.41, 5.74) is 0. The molecule has 4 heteroatoms. The molecule has 0 rings (SSSR count). The molecule has 0 atom stereocenters. The lowest BCUT2D eigenvalue weighted by Gasteiger charge is -2.24. The maximum absolute atomic E-state index is 11.1. The zero-order chi connectivity index (χ0) is 11.2. The van der Waals surface area contributed by atoms with Gasteiger partial charge < -0.3 is 33.4 Å². The van der Waals surface area contributed by atoms with Crippen LogP contribution in [-0.2, 0) is 4.79 Å². The Morgan fingerprint density at radius 2 is 1.87 bits per heavy atom. The van der Waals surface area contributed by atoms with E-state index in [1.165, 1.54) is 6.08 Å². The Kier molecular flexibility index (Phi) is 9.34. The van der Waals surface area contributed by atoms with Crippen molar-refractivity contribution < 1.29 is 33.3 Å². The van der Waals surface area contributed by atoms with Crippen LogP contribution in [0.15, 0.2) is 12.7 Å². The van der Waals surface area contributed by atoms with Gasteiger partial charge in [-0.2, -0.15) is 0 Å². The summed E-state index contributed by atoms with van der Waals surface area (Å²) in [5, 5.41) is 0. The third-order valence-electron chi connectivity index (χ3n) is 2.12. The Balaban J connectivity index is 0. The highest BCUT2D eigenvalue weighted by molar-refractivity contribution is 5.86. The maximum atomic E-state index is 11.1. The minimum atomic E-state index is 0. The predicted octanol–water partition coefficient (Wildman–Crippen LogP) is -1.88. The van der Waals surface area contributed by atoms with Gasteiger partial charge in [-0.25, -0.2) is 0 Å². The number of halogens is 1. The van der Waals surface area contributed by atoms with Crippen LogP contribution in [0.2, 0.25) is 0 Å². The molecule has 0 aromatic carbocycles. The molecule has 0 N–H and O–H groups in total. The summed E-state index contributed by atoms with van der Waals surface area (Å²) in [6.45, 7) is 5.43. The number of nitrogens with zero attached hydrogens (tertiary/aromatic N) is 2. The number of amides is 1. The number of carbonyl (C=O) groups is 1. The van der Waals surface area contributed by atoms with Crippen LogP contribution >= 0.6 is 0 Å². The Labute approximate surface area is 111 Å². The largest absolute Gasteiger partial charge is 1.00 e. The molecular formula is C11H23IN2O. The number of carbonyl (C=O) groups excluding carboxylic acids is 1. The van der Waals surface area contributed by atoms with Crippen LogP contribution in [0, 0.1) is 0 Å². The summed E-state index contributed by atoms with van der Waals surface area (Å²) in [6, 6.07) is 0. The van der Waals surface area contributed by atoms with Crippen LogP contribution in [0.4, 0.5) is 0 Å². The van der Waals surface area contributed by atoms with Crippen LogP contribution in [0.1, 0.15) is 12.8 Å². The molecule has 1 amide bonds. The van der Waals surface area contributed by atoms with Crippen LogP contribution in [-0.4, -0.2) is 56.6 Å². The molecule has 90 valence electrons. The highest BCUT2D eigenvalue weighted by Crippen LogP contribution is 1.99. The van der Waals surface area contributed by atoms with Gasteiger partial charge in [-0.05, 0) is 18.9 Å². The van der Waals surface area contributed by atoms with Gasteiger partial charge in [-0.3, -0.25) is 4.79 Å². The molecule has 0 aromatic heterocycles. The first kappa shape index (κ1) is 17.3. The van der Waals surface area contributed by atoms with Gasteiger partial charge in [0, 0.05) is 13.6 Å². The van der Waals surface area contributed by atoms with E-state index in [1.54, 1.807) is 4.90 Å². The van der Waals surface area contributed by atoms with Gasteiger partial charge in [-0.1, -0.05) is 6.58 Å². The summed E-state index contributed by atoms with van der Waals surface area (Å²) < 4.78 is 0.985. The smallest absolute Gasteiger partial charge is 0.245 e. The Morgan fingerprint density at radius 3 is 2.27 bits per heavy atom. The van der Waals surface area contributed by atoms with E-state index in [-0.39, 0.29) is 29.9 Å². The fourth-order valence-corrected chi connectivity index (χ4v) is 1.20. The number of likely N-dealkylation sites (N-methyl/N-ethyl adjacent to an activating group) is 1. The maximum Gasteiger partial charge on any atom is 0.245 e. The lowest BCUT2D eigenvalue weighted by molar-refractivity contribution is -0.870. The van der Waals surface area contributed by atoms with Gasteiger partial charge in [0.2, 0.25) is 5.91 Å². The molecule has 0 saturated heterocycles. The van der Waals surface area contributed by atoms with E-state index in [1.807, 2.05) is 7.05 Å². The first-order valence-corrected chi connectivity index (χ1v) is 5.05. The van der Waals surface area contributed by atoms with Gasteiger partial charge >= 0.3 is 0 Å². The predicted molar refractivity (Wildman–Crippen MR) is 60.0 cm³/mol. The van der Waals surface area contributed by atoms with E-state index in [0.29, 0.717) is 0 Å². The number of hydrogen-bond donors (Lipinski definition) is 0. The average molecular weight is 326 g/mol. The number of quaternary nitrogens is 1. The monoisotopic (exact) mass is 326 g/mol. The quantitative estimate of drug-likeness (QED) is 0.242. The van der Waals surface area contributed by atoms with Crippen LogP contribution in [0.5, 0.6) is 0 Å². The molecule has 15 heavy (non-hydrogen) atoms. The van der Waals surface area contributed by atoms with Gasteiger partial charge in [0.25, 0.3) is 0 Å². The third-order valence-corrected chi connectivity index (χ3v) is 2.12. The van der Waals surface area contributed by atoms with Gasteiger partial charge in [-0.15, -0.1) is 0 Å². The van der Waals surface area contributed by atoms with E-state index in [0.717, 1.165) is 30.4 Å². The molecule has 0 heterocycles. The number of unbranched alkanes of at least 4 members (excludes halogenated alkanes) is 1. The van der Waals surface area contributed by atoms with E-state index in [2.05, 4.69) is 27.7 Å².